The fourth-order valence-corrected chi connectivity index (χ4v) is 3.94. The van der Waals surface area contributed by atoms with Crippen molar-refractivity contribution in [2.75, 3.05) is 27.2 Å². The zero-order chi connectivity index (χ0) is 14.3. The Labute approximate surface area is 123 Å². The van der Waals surface area contributed by atoms with Gasteiger partial charge in [0.2, 0.25) is 5.91 Å². The highest BCUT2D eigenvalue weighted by molar-refractivity contribution is 8.01. The van der Waals surface area contributed by atoms with Gasteiger partial charge in [0.1, 0.15) is 5.84 Å². The molecule has 1 amide bonds. The average molecular weight is 289 g/mol. The molecular formula is C15H19N3OS. The predicted molar refractivity (Wildman–Crippen MR) is 82.7 cm³/mol. The highest BCUT2D eigenvalue weighted by atomic mass is 32.2. The topological polar surface area (TPSA) is 35.9 Å². The number of hydrogen-bond acceptors (Lipinski definition) is 4. The van der Waals surface area contributed by atoms with Gasteiger partial charge in [0.15, 0.2) is 0 Å². The van der Waals surface area contributed by atoms with Gasteiger partial charge in [-0.1, -0.05) is 12.1 Å². The summed E-state index contributed by atoms with van der Waals surface area (Å²) in [5.41, 5.74) is 0.981. The minimum absolute atomic E-state index is 0.188. The van der Waals surface area contributed by atoms with Gasteiger partial charge in [0.25, 0.3) is 0 Å². The number of para-hydroxylation sites is 1. The van der Waals surface area contributed by atoms with Crippen molar-refractivity contribution in [2.24, 2.45) is 4.99 Å². The van der Waals surface area contributed by atoms with Crippen molar-refractivity contribution >= 4 is 29.2 Å². The molecule has 5 heteroatoms. The highest BCUT2D eigenvalue weighted by Gasteiger charge is 2.48. The number of rotatable bonds is 3. The van der Waals surface area contributed by atoms with Crippen molar-refractivity contribution in [1.82, 2.24) is 9.80 Å². The van der Waals surface area contributed by atoms with Gasteiger partial charge in [-0.15, -0.1) is 11.8 Å². The quantitative estimate of drug-likeness (QED) is 0.857. The average Bonchev–Trinajstić information content (AvgIpc) is 2.62. The first-order valence-electron chi connectivity index (χ1n) is 6.82. The monoisotopic (exact) mass is 289 g/mol. The third-order valence-corrected chi connectivity index (χ3v) is 5.06. The van der Waals surface area contributed by atoms with Crippen LogP contribution in [0, 0.1) is 0 Å². The van der Waals surface area contributed by atoms with E-state index in [0.717, 1.165) is 18.1 Å². The number of carbonyl (C=O) groups is 1. The van der Waals surface area contributed by atoms with Crippen LogP contribution in [0.4, 0.5) is 5.69 Å². The van der Waals surface area contributed by atoms with Crippen LogP contribution in [0.1, 0.15) is 13.3 Å². The molecule has 0 saturated carbocycles. The maximum absolute atomic E-state index is 12.3. The summed E-state index contributed by atoms with van der Waals surface area (Å²) in [5.74, 6) is 1.11. The van der Waals surface area contributed by atoms with E-state index in [1.165, 1.54) is 4.90 Å². The number of thioether (sulfide) groups is 1. The highest BCUT2D eigenvalue weighted by Crippen LogP contribution is 2.49. The second-order valence-electron chi connectivity index (χ2n) is 5.76. The molecule has 3 rings (SSSR count). The normalized spacial score (nSPS) is 24.7. The van der Waals surface area contributed by atoms with Crippen LogP contribution in [-0.4, -0.2) is 53.5 Å². The molecule has 0 aliphatic carbocycles. The molecule has 1 aromatic carbocycles. The zero-order valence-electron chi connectivity index (χ0n) is 12.1. The van der Waals surface area contributed by atoms with E-state index in [1.807, 2.05) is 37.2 Å². The van der Waals surface area contributed by atoms with Crippen molar-refractivity contribution in [2.45, 2.75) is 23.0 Å². The first kappa shape index (κ1) is 13.6. The fraction of sp³-hybridized carbons (Fsp3) is 0.467. The second-order valence-corrected chi connectivity index (χ2v) is 7.31. The van der Waals surface area contributed by atoms with Crippen LogP contribution in [0.25, 0.3) is 0 Å². The van der Waals surface area contributed by atoms with Crippen molar-refractivity contribution in [3.05, 3.63) is 24.3 Å². The molecule has 0 bridgehead atoms. The van der Waals surface area contributed by atoms with E-state index in [9.17, 15) is 4.79 Å². The van der Waals surface area contributed by atoms with Gasteiger partial charge in [-0.25, -0.2) is 4.99 Å². The Hall–Kier alpha value is -1.33. The lowest BCUT2D eigenvalue weighted by Crippen LogP contribution is -2.40. The smallest absolute Gasteiger partial charge is 0.229 e. The molecule has 1 atom stereocenters. The van der Waals surface area contributed by atoms with Crippen LogP contribution in [0.5, 0.6) is 0 Å². The van der Waals surface area contributed by atoms with Crippen molar-refractivity contribution in [3.63, 3.8) is 0 Å². The Morgan fingerprint density at radius 2 is 2.15 bits per heavy atom. The minimum atomic E-state index is -0.211. The number of amidine groups is 1. The summed E-state index contributed by atoms with van der Waals surface area (Å²) in [6.07, 6.45) is 0.540. The summed E-state index contributed by atoms with van der Waals surface area (Å²) >= 11 is 1.76. The lowest BCUT2D eigenvalue weighted by Gasteiger charge is -2.30. The standard InChI is InChI=1S/C15H19N3OS/c1-15-10-13(19)18(9-8-17(2)3)14(15)16-11-6-4-5-7-12(11)20-15/h4-7H,8-10H2,1-3H3/t15-/m0/s1. The van der Waals surface area contributed by atoms with Crippen molar-refractivity contribution in [3.8, 4) is 0 Å². The Kier molecular flexibility index (Phi) is 3.34. The Bertz CT molecular complexity index is 584. The van der Waals surface area contributed by atoms with Gasteiger partial charge >= 0.3 is 0 Å². The lowest BCUT2D eigenvalue weighted by atomic mass is 10.1. The molecule has 106 valence electrons. The molecule has 0 aromatic heterocycles. The molecule has 0 radical (unpaired) electrons. The molecule has 0 N–H and O–H groups in total. The summed E-state index contributed by atoms with van der Waals surface area (Å²) in [5, 5.41) is 0. The number of hydrogen-bond donors (Lipinski definition) is 0. The summed E-state index contributed by atoms with van der Waals surface area (Å²) in [4.78, 5) is 22.2. The van der Waals surface area contributed by atoms with Crippen LogP contribution in [-0.2, 0) is 4.79 Å². The van der Waals surface area contributed by atoms with E-state index >= 15 is 0 Å². The number of aliphatic imine (C=N–C) groups is 1. The molecule has 2 heterocycles. The summed E-state index contributed by atoms with van der Waals surface area (Å²) in [7, 11) is 4.04. The molecule has 4 nitrogen and oxygen atoms in total. The minimum Gasteiger partial charge on any atom is -0.308 e. The predicted octanol–water partition coefficient (Wildman–Crippen LogP) is 2.37. The van der Waals surface area contributed by atoms with E-state index in [-0.39, 0.29) is 10.7 Å². The maximum atomic E-state index is 12.3. The molecule has 1 aromatic rings. The van der Waals surface area contributed by atoms with E-state index < -0.39 is 0 Å². The third kappa shape index (κ3) is 2.25. The molecule has 0 unspecified atom stereocenters. The van der Waals surface area contributed by atoms with E-state index in [4.69, 9.17) is 4.99 Å². The number of fused-ring (bicyclic) bond motifs is 2. The van der Waals surface area contributed by atoms with Gasteiger partial charge in [-0.05, 0) is 33.2 Å². The van der Waals surface area contributed by atoms with Crippen LogP contribution in [0.15, 0.2) is 34.2 Å². The zero-order valence-corrected chi connectivity index (χ0v) is 12.9. The largest absolute Gasteiger partial charge is 0.308 e. The van der Waals surface area contributed by atoms with Gasteiger partial charge in [0, 0.05) is 24.4 Å². The SMILES string of the molecule is CN(C)CCN1C(=O)C[C@]2(C)Sc3ccccc3N=C12. The number of nitrogens with zero attached hydrogens (tertiary/aromatic N) is 3. The number of likely N-dealkylation sites (tertiary alicyclic amines) is 1. The Balaban J connectivity index is 1.95. The van der Waals surface area contributed by atoms with E-state index in [0.29, 0.717) is 13.0 Å². The van der Waals surface area contributed by atoms with Crippen molar-refractivity contribution in [1.29, 1.82) is 0 Å². The van der Waals surface area contributed by atoms with Crippen molar-refractivity contribution < 1.29 is 4.79 Å². The van der Waals surface area contributed by atoms with E-state index in [2.05, 4.69) is 17.9 Å². The van der Waals surface area contributed by atoms with Crippen LogP contribution < -0.4 is 0 Å². The number of likely N-dealkylation sites (N-methyl/N-ethyl adjacent to an activating group) is 1. The Morgan fingerprint density at radius 1 is 1.40 bits per heavy atom. The first-order valence-corrected chi connectivity index (χ1v) is 7.63. The van der Waals surface area contributed by atoms with Crippen LogP contribution >= 0.6 is 11.8 Å². The third-order valence-electron chi connectivity index (χ3n) is 3.72. The number of benzene rings is 1. The summed E-state index contributed by atoms with van der Waals surface area (Å²) < 4.78 is -0.211. The van der Waals surface area contributed by atoms with Crippen LogP contribution in [0.2, 0.25) is 0 Å². The van der Waals surface area contributed by atoms with Gasteiger partial charge in [-0.2, -0.15) is 0 Å². The van der Waals surface area contributed by atoms with Gasteiger partial charge < -0.3 is 4.90 Å². The van der Waals surface area contributed by atoms with Gasteiger partial charge in [-0.3, -0.25) is 9.69 Å². The number of carbonyl (C=O) groups excluding carboxylic acids is 1. The molecular weight excluding hydrogens is 270 g/mol. The first-order chi connectivity index (χ1) is 9.49. The second kappa shape index (κ2) is 4.90. The lowest BCUT2D eigenvalue weighted by molar-refractivity contribution is -0.125. The maximum Gasteiger partial charge on any atom is 0.229 e. The Morgan fingerprint density at radius 3 is 2.90 bits per heavy atom. The van der Waals surface area contributed by atoms with Gasteiger partial charge in [0.05, 0.1) is 10.4 Å². The molecule has 2 aliphatic heterocycles. The molecule has 0 spiro atoms. The fourth-order valence-electron chi connectivity index (χ4n) is 2.65. The summed E-state index contributed by atoms with van der Waals surface area (Å²) in [6, 6.07) is 8.11. The molecule has 1 fully saturated rings. The van der Waals surface area contributed by atoms with E-state index in [1.54, 1.807) is 11.8 Å². The van der Waals surface area contributed by atoms with Crippen LogP contribution in [0.3, 0.4) is 0 Å². The molecule has 20 heavy (non-hydrogen) atoms. The molecule has 2 aliphatic rings. The molecule has 1 saturated heterocycles. The summed E-state index contributed by atoms with van der Waals surface area (Å²) in [6.45, 7) is 3.69. The number of amides is 1.